The van der Waals surface area contributed by atoms with E-state index in [0.717, 1.165) is 43.7 Å². The Labute approximate surface area is 158 Å². The van der Waals surface area contributed by atoms with E-state index in [-0.39, 0.29) is 25.3 Å². The van der Waals surface area contributed by atoms with Crippen molar-refractivity contribution in [3.63, 3.8) is 0 Å². The van der Waals surface area contributed by atoms with Crippen molar-refractivity contribution in [2.45, 2.75) is 38.5 Å². The predicted molar refractivity (Wildman–Crippen MR) is 99.3 cm³/mol. The summed E-state index contributed by atoms with van der Waals surface area (Å²) in [6.07, 6.45) is 3.55. The number of carbonyl (C=O) groups is 3. The summed E-state index contributed by atoms with van der Waals surface area (Å²) in [6.45, 7) is 2.29. The summed E-state index contributed by atoms with van der Waals surface area (Å²) in [6, 6.07) is 4.22. The topological polar surface area (TPSA) is 112 Å². The number of nitrogens with one attached hydrogen (secondary N) is 2. The molecule has 1 aromatic heterocycles. The second-order valence-electron chi connectivity index (χ2n) is 7.21. The lowest BCUT2D eigenvalue weighted by Crippen LogP contribution is -2.35. The third-order valence-electron chi connectivity index (χ3n) is 5.06. The van der Waals surface area contributed by atoms with Crippen LogP contribution in [0.5, 0.6) is 0 Å². The summed E-state index contributed by atoms with van der Waals surface area (Å²) in [5.74, 6) is -0.270. The Balaban J connectivity index is 1.45. The molecule has 0 spiro atoms. The van der Waals surface area contributed by atoms with Gasteiger partial charge in [0.05, 0.1) is 6.42 Å². The number of carboxylic acid groups (broad SMARTS) is 1. The first-order valence-corrected chi connectivity index (χ1v) is 9.50. The Kier molecular flexibility index (Phi) is 6.26. The molecule has 0 saturated carbocycles. The van der Waals surface area contributed by atoms with Crippen molar-refractivity contribution < 1.29 is 19.5 Å². The van der Waals surface area contributed by atoms with Crippen LogP contribution in [0.15, 0.2) is 12.1 Å². The number of carbonyl (C=O) groups excluding carboxylic acids is 2. The van der Waals surface area contributed by atoms with E-state index in [1.54, 1.807) is 4.90 Å². The molecule has 2 amide bonds. The number of hydrogen-bond donors (Lipinski definition) is 3. The molecule has 2 aliphatic heterocycles. The lowest BCUT2D eigenvalue weighted by Gasteiger charge is -2.19. The molecule has 2 aliphatic rings. The van der Waals surface area contributed by atoms with Gasteiger partial charge in [0.1, 0.15) is 12.2 Å². The van der Waals surface area contributed by atoms with E-state index in [4.69, 9.17) is 10.1 Å². The smallest absolute Gasteiger partial charge is 0.305 e. The summed E-state index contributed by atoms with van der Waals surface area (Å²) < 4.78 is 0. The fourth-order valence-electron chi connectivity index (χ4n) is 3.62. The van der Waals surface area contributed by atoms with Crippen molar-refractivity contribution in [1.29, 1.82) is 0 Å². The molecular weight excluding hydrogens is 348 g/mol. The number of pyridine rings is 1. The zero-order chi connectivity index (χ0) is 19.2. The number of rotatable bonds is 7. The number of hydrogen-bond acceptors (Lipinski definition) is 5. The van der Waals surface area contributed by atoms with Gasteiger partial charge in [-0.3, -0.25) is 14.4 Å². The van der Waals surface area contributed by atoms with E-state index < -0.39 is 11.9 Å². The van der Waals surface area contributed by atoms with E-state index in [0.29, 0.717) is 19.0 Å². The lowest BCUT2D eigenvalue weighted by atomic mass is 10.0. The maximum Gasteiger partial charge on any atom is 0.305 e. The first-order valence-electron chi connectivity index (χ1n) is 9.50. The van der Waals surface area contributed by atoms with Crippen LogP contribution >= 0.6 is 0 Å². The molecule has 1 saturated heterocycles. The SMILES string of the molecule is O=C(O)CCNC(=O)CC(=O)N1CCC(Cc2ccc3c(n2)NCCC3)C1. The van der Waals surface area contributed by atoms with Crippen LogP contribution in [0, 0.1) is 5.92 Å². The van der Waals surface area contributed by atoms with Crippen LogP contribution in [-0.2, 0) is 27.2 Å². The van der Waals surface area contributed by atoms with Gasteiger partial charge in [-0.1, -0.05) is 6.07 Å². The molecule has 3 rings (SSSR count). The predicted octanol–water partition coefficient (Wildman–Crippen LogP) is 0.812. The number of likely N-dealkylation sites (tertiary alicyclic amines) is 1. The van der Waals surface area contributed by atoms with E-state index in [2.05, 4.69) is 22.8 Å². The quantitative estimate of drug-likeness (QED) is 0.609. The maximum atomic E-state index is 12.3. The molecule has 8 nitrogen and oxygen atoms in total. The Hall–Kier alpha value is -2.64. The zero-order valence-electron chi connectivity index (χ0n) is 15.4. The number of fused-ring (bicyclic) bond motifs is 1. The summed E-state index contributed by atoms with van der Waals surface area (Å²) in [4.78, 5) is 40.9. The Morgan fingerprint density at radius 3 is 3.00 bits per heavy atom. The largest absolute Gasteiger partial charge is 0.481 e. The van der Waals surface area contributed by atoms with Crippen molar-refractivity contribution in [2.24, 2.45) is 5.92 Å². The van der Waals surface area contributed by atoms with Crippen molar-refractivity contribution in [2.75, 3.05) is 31.5 Å². The second kappa shape index (κ2) is 8.83. The van der Waals surface area contributed by atoms with Crippen LogP contribution in [0.3, 0.4) is 0 Å². The summed E-state index contributed by atoms with van der Waals surface area (Å²) in [7, 11) is 0. The van der Waals surface area contributed by atoms with Gasteiger partial charge in [-0.15, -0.1) is 0 Å². The Morgan fingerprint density at radius 2 is 2.19 bits per heavy atom. The molecule has 3 N–H and O–H groups in total. The normalized spacial score (nSPS) is 18.5. The van der Waals surface area contributed by atoms with Crippen molar-refractivity contribution in [3.8, 4) is 0 Å². The molecule has 0 radical (unpaired) electrons. The molecule has 1 aromatic rings. The van der Waals surface area contributed by atoms with Gasteiger partial charge in [0, 0.05) is 31.9 Å². The van der Waals surface area contributed by atoms with Crippen LogP contribution in [-0.4, -0.2) is 59.0 Å². The van der Waals surface area contributed by atoms with Crippen molar-refractivity contribution >= 4 is 23.6 Å². The molecule has 1 fully saturated rings. The van der Waals surface area contributed by atoms with E-state index in [1.165, 1.54) is 5.56 Å². The highest BCUT2D eigenvalue weighted by atomic mass is 16.4. The Morgan fingerprint density at radius 1 is 1.33 bits per heavy atom. The number of anilines is 1. The molecule has 0 aliphatic carbocycles. The number of amides is 2. The van der Waals surface area contributed by atoms with Crippen molar-refractivity contribution in [3.05, 3.63) is 23.4 Å². The molecule has 1 atom stereocenters. The van der Waals surface area contributed by atoms with Gasteiger partial charge in [0.2, 0.25) is 11.8 Å². The highest BCUT2D eigenvalue weighted by molar-refractivity contribution is 5.97. The van der Waals surface area contributed by atoms with Gasteiger partial charge >= 0.3 is 5.97 Å². The number of aryl methyl sites for hydroxylation is 1. The third-order valence-corrected chi connectivity index (χ3v) is 5.06. The van der Waals surface area contributed by atoms with Crippen LogP contribution < -0.4 is 10.6 Å². The lowest BCUT2D eigenvalue weighted by molar-refractivity contribution is -0.136. The zero-order valence-corrected chi connectivity index (χ0v) is 15.4. The minimum atomic E-state index is -0.977. The van der Waals surface area contributed by atoms with E-state index in [1.807, 2.05) is 0 Å². The molecule has 146 valence electrons. The van der Waals surface area contributed by atoms with Gasteiger partial charge in [-0.2, -0.15) is 0 Å². The minimum Gasteiger partial charge on any atom is -0.481 e. The first kappa shape index (κ1) is 19.1. The molecule has 1 unspecified atom stereocenters. The third kappa shape index (κ3) is 5.42. The number of aromatic nitrogens is 1. The van der Waals surface area contributed by atoms with Gasteiger partial charge in [0.25, 0.3) is 0 Å². The summed E-state index contributed by atoms with van der Waals surface area (Å²) in [5, 5.41) is 14.4. The van der Waals surface area contributed by atoms with Gasteiger partial charge in [0.15, 0.2) is 0 Å². The molecule has 3 heterocycles. The first-order chi connectivity index (χ1) is 13.0. The fraction of sp³-hybridized carbons (Fsp3) is 0.579. The van der Waals surface area contributed by atoms with Crippen LogP contribution in [0.4, 0.5) is 5.82 Å². The number of nitrogens with zero attached hydrogens (tertiary/aromatic N) is 2. The number of aliphatic carboxylic acids is 1. The highest BCUT2D eigenvalue weighted by Gasteiger charge is 2.28. The molecule has 0 aromatic carbocycles. The molecule has 8 heteroatoms. The maximum absolute atomic E-state index is 12.3. The average Bonchev–Trinajstić information content (AvgIpc) is 3.10. The highest BCUT2D eigenvalue weighted by Crippen LogP contribution is 2.24. The minimum absolute atomic E-state index is 0.0438. The van der Waals surface area contributed by atoms with Crippen LogP contribution in [0.1, 0.15) is 36.9 Å². The van der Waals surface area contributed by atoms with Crippen LogP contribution in [0.25, 0.3) is 0 Å². The van der Waals surface area contributed by atoms with E-state index >= 15 is 0 Å². The molecular formula is C19H26N4O4. The second-order valence-corrected chi connectivity index (χ2v) is 7.21. The Bertz CT molecular complexity index is 722. The van der Waals surface area contributed by atoms with Crippen molar-refractivity contribution in [1.82, 2.24) is 15.2 Å². The molecule has 27 heavy (non-hydrogen) atoms. The van der Waals surface area contributed by atoms with E-state index in [9.17, 15) is 14.4 Å². The standard InChI is InChI=1S/C19H26N4O4/c24-16(20-8-5-18(26)27)11-17(25)23-9-6-13(12-23)10-15-4-3-14-2-1-7-21-19(14)22-15/h3-4,13H,1-2,5-12H2,(H,20,24)(H,21,22)(H,26,27). The van der Waals surface area contributed by atoms with Crippen LogP contribution in [0.2, 0.25) is 0 Å². The van der Waals surface area contributed by atoms with Gasteiger partial charge in [-0.05, 0) is 43.2 Å². The molecule has 0 bridgehead atoms. The summed E-state index contributed by atoms with van der Waals surface area (Å²) >= 11 is 0. The van der Waals surface area contributed by atoms with Gasteiger partial charge < -0.3 is 20.6 Å². The average molecular weight is 374 g/mol. The fourth-order valence-corrected chi connectivity index (χ4v) is 3.62. The van der Waals surface area contributed by atoms with Gasteiger partial charge in [-0.25, -0.2) is 4.98 Å². The summed E-state index contributed by atoms with van der Waals surface area (Å²) in [5.41, 5.74) is 2.30. The number of carboxylic acids is 1. The monoisotopic (exact) mass is 374 g/mol.